The molecule has 0 amide bonds. The number of aryl methyl sites for hydroxylation is 2. The van der Waals surface area contributed by atoms with Gasteiger partial charge in [-0.2, -0.15) is 9.61 Å². The molecule has 0 fully saturated rings. The maximum atomic E-state index is 5.74. The van der Waals surface area contributed by atoms with Crippen molar-refractivity contribution < 1.29 is 0 Å². The van der Waals surface area contributed by atoms with Gasteiger partial charge in [0.2, 0.25) is 4.96 Å². The average molecular weight is 245 g/mol. The smallest absolute Gasteiger partial charge is 0.234 e. The van der Waals surface area contributed by atoms with E-state index in [4.69, 9.17) is 5.73 Å². The molecule has 0 aliphatic carbocycles. The van der Waals surface area contributed by atoms with Crippen LogP contribution in [-0.4, -0.2) is 19.8 Å². The van der Waals surface area contributed by atoms with Crippen molar-refractivity contribution in [3.8, 4) is 10.6 Å². The normalized spacial score (nSPS) is 11.2. The van der Waals surface area contributed by atoms with E-state index in [0.717, 1.165) is 32.6 Å². The quantitative estimate of drug-likeness (QED) is 0.666. The third kappa shape index (κ3) is 1.57. The van der Waals surface area contributed by atoms with E-state index in [9.17, 15) is 0 Å². The number of aromatic nitrogens is 4. The Kier molecular flexibility index (Phi) is 2.12. The molecule has 17 heavy (non-hydrogen) atoms. The molecule has 0 bridgehead atoms. The zero-order valence-corrected chi connectivity index (χ0v) is 10.3. The molecule has 0 saturated heterocycles. The molecule has 0 spiro atoms. The standard InChI is InChI=1S/C11H11N5S/c1-6-5-8(12)3-4-9(6)10-15-16-7(2)13-14-11(16)17-10/h3-5H,12H2,1-2H3. The van der Waals surface area contributed by atoms with Gasteiger partial charge in [0.1, 0.15) is 5.01 Å². The van der Waals surface area contributed by atoms with Gasteiger partial charge in [0, 0.05) is 11.3 Å². The molecule has 0 aliphatic rings. The number of hydrogen-bond acceptors (Lipinski definition) is 5. The van der Waals surface area contributed by atoms with Crippen molar-refractivity contribution in [3.05, 3.63) is 29.6 Å². The Morgan fingerprint density at radius 2 is 2.06 bits per heavy atom. The topological polar surface area (TPSA) is 69.1 Å². The lowest BCUT2D eigenvalue weighted by Gasteiger charge is -2.02. The number of benzene rings is 1. The SMILES string of the molecule is Cc1cc(N)ccc1-c1nn2c(C)nnc2s1. The molecule has 0 unspecified atom stereocenters. The Hall–Kier alpha value is -1.95. The van der Waals surface area contributed by atoms with Crippen molar-refractivity contribution in [1.29, 1.82) is 0 Å². The first-order valence-corrected chi connectivity index (χ1v) is 6.02. The van der Waals surface area contributed by atoms with Crippen molar-refractivity contribution >= 4 is 22.0 Å². The lowest BCUT2D eigenvalue weighted by atomic mass is 10.1. The number of nitrogen functional groups attached to an aromatic ring is 1. The number of nitrogens with zero attached hydrogens (tertiary/aromatic N) is 4. The summed E-state index contributed by atoms with van der Waals surface area (Å²) >= 11 is 1.53. The van der Waals surface area contributed by atoms with Crippen LogP contribution in [0.15, 0.2) is 18.2 Å². The number of fused-ring (bicyclic) bond motifs is 1. The molecule has 0 saturated carbocycles. The molecule has 2 aromatic heterocycles. The molecule has 5 nitrogen and oxygen atoms in total. The van der Waals surface area contributed by atoms with Gasteiger partial charge in [0.05, 0.1) is 0 Å². The highest BCUT2D eigenvalue weighted by molar-refractivity contribution is 7.19. The third-order valence-corrected chi connectivity index (χ3v) is 3.56. The zero-order chi connectivity index (χ0) is 12.0. The molecule has 3 aromatic rings. The highest BCUT2D eigenvalue weighted by atomic mass is 32.1. The summed E-state index contributed by atoms with van der Waals surface area (Å²) in [7, 11) is 0. The highest BCUT2D eigenvalue weighted by Gasteiger charge is 2.11. The van der Waals surface area contributed by atoms with E-state index < -0.39 is 0 Å². The summed E-state index contributed by atoms with van der Waals surface area (Å²) in [5.41, 5.74) is 8.72. The van der Waals surface area contributed by atoms with Gasteiger partial charge in [-0.25, -0.2) is 0 Å². The Balaban J connectivity index is 2.20. The first kappa shape index (κ1) is 10.2. The van der Waals surface area contributed by atoms with Crippen LogP contribution in [0.4, 0.5) is 5.69 Å². The van der Waals surface area contributed by atoms with E-state index in [1.165, 1.54) is 11.3 Å². The summed E-state index contributed by atoms with van der Waals surface area (Å²) in [5, 5.41) is 13.5. The number of nitrogens with two attached hydrogens (primary N) is 1. The van der Waals surface area contributed by atoms with Crippen LogP contribution in [-0.2, 0) is 0 Å². The Morgan fingerprint density at radius 3 is 2.76 bits per heavy atom. The fourth-order valence-electron chi connectivity index (χ4n) is 1.75. The van der Waals surface area contributed by atoms with Crippen molar-refractivity contribution in [2.24, 2.45) is 0 Å². The van der Waals surface area contributed by atoms with Gasteiger partial charge in [0.15, 0.2) is 5.82 Å². The van der Waals surface area contributed by atoms with Crippen LogP contribution in [0.5, 0.6) is 0 Å². The van der Waals surface area contributed by atoms with Crippen LogP contribution in [0.25, 0.3) is 15.5 Å². The summed E-state index contributed by atoms with van der Waals surface area (Å²) in [6.45, 7) is 3.92. The Bertz CT molecular complexity index is 697. The van der Waals surface area contributed by atoms with Gasteiger partial charge in [-0.3, -0.25) is 0 Å². The second-order valence-corrected chi connectivity index (χ2v) is 4.88. The molecule has 2 N–H and O–H groups in total. The van der Waals surface area contributed by atoms with E-state index in [1.807, 2.05) is 32.0 Å². The van der Waals surface area contributed by atoms with Crippen LogP contribution in [0.2, 0.25) is 0 Å². The Morgan fingerprint density at radius 1 is 1.24 bits per heavy atom. The predicted octanol–water partition coefficient (Wildman–Crippen LogP) is 2.05. The minimum Gasteiger partial charge on any atom is -0.399 e. The monoisotopic (exact) mass is 245 g/mol. The molecule has 0 radical (unpaired) electrons. The Labute approximate surface area is 102 Å². The van der Waals surface area contributed by atoms with E-state index in [0.29, 0.717) is 0 Å². The van der Waals surface area contributed by atoms with Crippen LogP contribution in [0.1, 0.15) is 11.4 Å². The van der Waals surface area contributed by atoms with Gasteiger partial charge < -0.3 is 5.73 Å². The van der Waals surface area contributed by atoms with Gasteiger partial charge in [0.25, 0.3) is 0 Å². The van der Waals surface area contributed by atoms with Gasteiger partial charge in [-0.05, 0) is 37.6 Å². The zero-order valence-electron chi connectivity index (χ0n) is 9.51. The summed E-state index contributed by atoms with van der Waals surface area (Å²) in [5.74, 6) is 0.801. The molecule has 2 heterocycles. The first-order valence-electron chi connectivity index (χ1n) is 5.20. The number of hydrogen-bond donors (Lipinski definition) is 1. The van der Waals surface area contributed by atoms with Gasteiger partial charge in [-0.1, -0.05) is 11.3 Å². The van der Waals surface area contributed by atoms with E-state index >= 15 is 0 Å². The molecule has 6 heteroatoms. The van der Waals surface area contributed by atoms with Crippen molar-refractivity contribution in [2.75, 3.05) is 5.73 Å². The molecule has 86 valence electrons. The third-order valence-electron chi connectivity index (χ3n) is 2.63. The molecular weight excluding hydrogens is 234 g/mol. The van der Waals surface area contributed by atoms with Crippen LogP contribution < -0.4 is 5.73 Å². The molecule has 0 aliphatic heterocycles. The lowest BCUT2D eigenvalue weighted by Crippen LogP contribution is -1.91. The van der Waals surface area contributed by atoms with Crippen LogP contribution in [0.3, 0.4) is 0 Å². The van der Waals surface area contributed by atoms with Crippen LogP contribution in [0, 0.1) is 13.8 Å². The molecular formula is C11H11N5S. The fourth-order valence-corrected chi connectivity index (χ4v) is 2.73. The first-order chi connectivity index (χ1) is 8.15. The highest BCUT2D eigenvalue weighted by Crippen LogP contribution is 2.28. The largest absolute Gasteiger partial charge is 0.399 e. The summed E-state index contributed by atoms with van der Waals surface area (Å²) in [6, 6.07) is 5.83. The molecule has 3 rings (SSSR count). The van der Waals surface area contributed by atoms with Crippen molar-refractivity contribution in [3.63, 3.8) is 0 Å². The fraction of sp³-hybridized carbons (Fsp3) is 0.182. The summed E-state index contributed by atoms with van der Waals surface area (Å²) in [6.07, 6.45) is 0. The van der Waals surface area contributed by atoms with E-state index in [-0.39, 0.29) is 0 Å². The second kappa shape index (κ2) is 3.53. The minimum atomic E-state index is 0.769. The van der Waals surface area contributed by atoms with E-state index in [1.54, 1.807) is 4.52 Å². The summed E-state index contributed by atoms with van der Waals surface area (Å²) in [4.78, 5) is 0.814. The maximum absolute atomic E-state index is 5.74. The molecule has 1 aromatic carbocycles. The lowest BCUT2D eigenvalue weighted by molar-refractivity contribution is 0.897. The maximum Gasteiger partial charge on any atom is 0.234 e. The van der Waals surface area contributed by atoms with E-state index in [2.05, 4.69) is 15.3 Å². The summed E-state index contributed by atoms with van der Waals surface area (Å²) < 4.78 is 1.76. The predicted molar refractivity (Wildman–Crippen MR) is 68.0 cm³/mol. The van der Waals surface area contributed by atoms with Crippen molar-refractivity contribution in [1.82, 2.24) is 19.8 Å². The second-order valence-electron chi connectivity index (χ2n) is 3.92. The number of anilines is 1. The minimum absolute atomic E-state index is 0.769. The van der Waals surface area contributed by atoms with Gasteiger partial charge in [-0.15, -0.1) is 10.2 Å². The molecule has 0 atom stereocenters. The van der Waals surface area contributed by atoms with Crippen LogP contribution >= 0.6 is 11.3 Å². The van der Waals surface area contributed by atoms with Crippen molar-refractivity contribution in [2.45, 2.75) is 13.8 Å². The average Bonchev–Trinajstić information content (AvgIpc) is 2.81. The van der Waals surface area contributed by atoms with Gasteiger partial charge >= 0.3 is 0 Å². The number of rotatable bonds is 1.